The highest BCUT2D eigenvalue weighted by atomic mass is 35.5. The second-order valence-corrected chi connectivity index (χ2v) is 6.43. The van der Waals surface area contributed by atoms with Gasteiger partial charge in [0.15, 0.2) is 0 Å². The van der Waals surface area contributed by atoms with Gasteiger partial charge >= 0.3 is 5.97 Å². The van der Waals surface area contributed by atoms with Gasteiger partial charge in [-0.3, -0.25) is 4.79 Å². The summed E-state index contributed by atoms with van der Waals surface area (Å²) in [7, 11) is 0. The number of amides is 1. The Kier molecular flexibility index (Phi) is 6.63. The van der Waals surface area contributed by atoms with Gasteiger partial charge in [-0.2, -0.15) is 0 Å². The van der Waals surface area contributed by atoms with E-state index in [-0.39, 0.29) is 5.91 Å². The van der Waals surface area contributed by atoms with Crippen LogP contribution >= 0.6 is 11.6 Å². The topological polar surface area (TPSA) is 55.8 Å². The van der Waals surface area contributed by atoms with E-state index in [1.165, 1.54) is 6.08 Å². The number of carbonyl (C=O) groups excluding carboxylic acids is 2. The molecule has 1 fully saturated rings. The number of hydrogen-bond acceptors (Lipinski definition) is 4. The van der Waals surface area contributed by atoms with Crippen molar-refractivity contribution in [2.24, 2.45) is 0 Å². The highest BCUT2D eigenvalue weighted by Crippen LogP contribution is 2.22. The molecule has 1 atom stereocenters. The molecule has 0 N–H and O–H groups in total. The summed E-state index contributed by atoms with van der Waals surface area (Å²) in [6.07, 6.45) is 1.86. The van der Waals surface area contributed by atoms with Gasteiger partial charge in [0, 0.05) is 29.8 Å². The van der Waals surface area contributed by atoms with Crippen molar-refractivity contribution in [2.45, 2.75) is 6.10 Å². The van der Waals surface area contributed by atoms with Crippen LogP contribution in [-0.2, 0) is 19.1 Å². The van der Waals surface area contributed by atoms with Crippen molar-refractivity contribution in [3.63, 3.8) is 0 Å². The van der Waals surface area contributed by atoms with E-state index in [0.29, 0.717) is 42.5 Å². The highest BCUT2D eigenvalue weighted by molar-refractivity contribution is 6.32. The van der Waals surface area contributed by atoms with Crippen LogP contribution in [0.2, 0.25) is 5.02 Å². The summed E-state index contributed by atoms with van der Waals surface area (Å²) < 4.78 is 10.8. The molecule has 0 saturated carbocycles. The van der Waals surface area contributed by atoms with Crippen LogP contribution in [0.4, 0.5) is 0 Å². The lowest BCUT2D eigenvalue weighted by Crippen LogP contribution is -2.44. The minimum atomic E-state index is -0.993. The molecule has 1 saturated heterocycles. The lowest BCUT2D eigenvalue weighted by atomic mass is 10.1. The number of morpholine rings is 1. The molecular formula is C21H20ClNO4. The number of hydrogen-bond donors (Lipinski definition) is 0. The summed E-state index contributed by atoms with van der Waals surface area (Å²) in [5, 5.41) is 0.533. The lowest BCUT2D eigenvalue weighted by molar-refractivity contribution is -0.159. The second kappa shape index (κ2) is 9.35. The minimum absolute atomic E-state index is 0.246. The summed E-state index contributed by atoms with van der Waals surface area (Å²) in [6, 6.07) is 16.2. The van der Waals surface area contributed by atoms with Gasteiger partial charge in [0.2, 0.25) is 6.10 Å². The predicted molar refractivity (Wildman–Crippen MR) is 103 cm³/mol. The molecule has 1 heterocycles. The summed E-state index contributed by atoms with van der Waals surface area (Å²) in [5.74, 6) is -0.852. The first-order chi connectivity index (χ1) is 13.1. The van der Waals surface area contributed by atoms with Gasteiger partial charge in [0.25, 0.3) is 5.91 Å². The van der Waals surface area contributed by atoms with E-state index in [1.807, 2.05) is 30.3 Å². The van der Waals surface area contributed by atoms with E-state index in [4.69, 9.17) is 21.1 Å². The standard InChI is InChI=1S/C21H20ClNO4/c22-18-9-5-4-6-16(18)10-11-19(24)27-20(17-7-2-1-3-8-17)21(25)23-12-14-26-15-13-23/h1-11,20H,12-15H2/b11-10+/t20-/m0/s1. The maximum atomic E-state index is 12.9. The molecule has 0 aromatic heterocycles. The zero-order valence-electron chi connectivity index (χ0n) is 14.7. The Bertz CT molecular complexity index is 816. The maximum Gasteiger partial charge on any atom is 0.331 e. The van der Waals surface area contributed by atoms with Gasteiger partial charge in [0.05, 0.1) is 13.2 Å². The number of carbonyl (C=O) groups is 2. The Morgan fingerprint density at radius 3 is 2.41 bits per heavy atom. The van der Waals surface area contributed by atoms with Crippen molar-refractivity contribution in [3.05, 3.63) is 76.8 Å². The molecule has 2 aromatic carbocycles. The summed E-state index contributed by atoms with van der Waals surface area (Å²) in [5.41, 5.74) is 1.33. The molecule has 0 bridgehead atoms. The van der Waals surface area contributed by atoms with Gasteiger partial charge in [0.1, 0.15) is 0 Å². The normalized spacial score (nSPS) is 15.5. The molecule has 0 unspecified atom stereocenters. The van der Waals surface area contributed by atoms with E-state index < -0.39 is 12.1 Å². The molecular weight excluding hydrogens is 366 g/mol. The second-order valence-electron chi connectivity index (χ2n) is 6.02. The number of nitrogens with zero attached hydrogens (tertiary/aromatic N) is 1. The molecule has 140 valence electrons. The molecule has 1 aliphatic rings. The van der Waals surface area contributed by atoms with E-state index in [2.05, 4.69) is 0 Å². The Labute approximate surface area is 163 Å². The average Bonchev–Trinajstić information content (AvgIpc) is 2.72. The molecule has 6 heteroatoms. The van der Waals surface area contributed by atoms with E-state index in [0.717, 1.165) is 0 Å². The van der Waals surface area contributed by atoms with Crippen molar-refractivity contribution in [3.8, 4) is 0 Å². The largest absolute Gasteiger partial charge is 0.444 e. The van der Waals surface area contributed by atoms with Crippen LogP contribution in [0.5, 0.6) is 0 Å². The number of rotatable bonds is 5. The van der Waals surface area contributed by atoms with Gasteiger partial charge in [-0.25, -0.2) is 4.79 Å². The number of benzene rings is 2. The summed E-state index contributed by atoms with van der Waals surface area (Å²) in [4.78, 5) is 26.9. The molecule has 1 amide bonds. The molecule has 0 spiro atoms. The Morgan fingerprint density at radius 1 is 1.04 bits per heavy atom. The third kappa shape index (κ3) is 5.18. The first-order valence-electron chi connectivity index (χ1n) is 8.70. The highest BCUT2D eigenvalue weighted by Gasteiger charge is 2.29. The van der Waals surface area contributed by atoms with Crippen molar-refractivity contribution in [2.75, 3.05) is 26.3 Å². The third-order valence-corrected chi connectivity index (χ3v) is 4.53. The zero-order valence-corrected chi connectivity index (χ0v) is 15.5. The van der Waals surface area contributed by atoms with E-state index >= 15 is 0 Å². The average molecular weight is 386 g/mol. The summed E-state index contributed by atoms with van der Waals surface area (Å²) in [6.45, 7) is 1.92. The molecule has 0 aliphatic carbocycles. The molecule has 1 aliphatic heterocycles. The first-order valence-corrected chi connectivity index (χ1v) is 9.07. The van der Waals surface area contributed by atoms with Crippen molar-refractivity contribution >= 4 is 29.6 Å². The summed E-state index contributed by atoms with van der Waals surface area (Å²) >= 11 is 6.09. The molecule has 0 radical (unpaired) electrons. The van der Waals surface area contributed by atoms with Crippen LogP contribution in [0.15, 0.2) is 60.7 Å². The monoisotopic (exact) mass is 385 g/mol. The predicted octanol–water partition coefficient (Wildman–Crippen LogP) is 3.50. The third-order valence-electron chi connectivity index (χ3n) is 4.19. The van der Waals surface area contributed by atoms with Crippen LogP contribution in [0.25, 0.3) is 6.08 Å². The minimum Gasteiger partial charge on any atom is -0.444 e. The van der Waals surface area contributed by atoms with Crippen molar-refractivity contribution in [1.82, 2.24) is 4.90 Å². The smallest absolute Gasteiger partial charge is 0.331 e. The van der Waals surface area contributed by atoms with Gasteiger partial charge in [-0.05, 0) is 17.7 Å². The van der Waals surface area contributed by atoms with Crippen molar-refractivity contribution < 1.29 is 19.1 Å². The number of esters is 1. The van der Waals surface area contributed by atoms with Crippen LogP contribution in [0.3, 0.4) is 0 Å². The SMILES string of the molecule is O=C(/C=C/c1ccccc1Cl)O[C@H](C(=O)N1CCOCC1)c1ccccc1. The quantitative estimate of drug-likeness (QED) is 0.584. The van der Waals surface area contributed by atoms with Crippen LogP contribution < -0.4 is 0 Å². The molecule has 5 nitrogen and oxygen atoms in total. The van der Waals surface area contributed by atoms with Crippen LogP contribution in [-0.4, -0.2) is 43.1 Å². The Hall–Kier alpha value is -2.63. The van der Waals surface area contributed by atoms with Crippen molar-refractivity contribution in [1.29, 1.82) is 0 Å². The number of halogens is 1. The Balaban J connectivity index is 1.75. The van der Waals surface area contributed by atoms with E-state index in [1.54, 1.807) is 35.2 Å². The van der Waals surface area contributed by atoms with Gasteiger partial charge in [-0.1, -0.05) is 60.1 Å². The molecule has 3 rings (SSSR count). The first kappa shape index (κ1) is 19.1. The lowest BCUT2D eigenvalue weighted by Gasteiger charge is -2.30. The Morgan fingerprint density at radius 2 is 1.70 bits per heavy atom. The fourth-order valence-corrected chi connectivity index (χ4v) is 2.96. The van der Waals surface area contributed by atoms with E-state index in [9.17, 15) is 9.59 Å². The molecule has 2 aromatic rings. The van der Waals surface area contributed by atoms with Crippen LogP contribution in [0, 0.1) is 0 Å². The van der Waals surface area contributed by atoms with Gasteiger partial charge in [-0.15, -0.1) is 0 Å². The molecule has 27 heavy (non-hydrogen) atoms. The van der Waals surface area contributed by atoms with Crippen LogP contribution in [0.1, 0.15) is 17.2 Å². The fourth-order valence-electron chi connectivity index (χ4n) is 2.76. The maximum absolute atomic E-state index is 12.9. The van der Waals surface area contributed by atoms with Gasteiger partial charge < -0.3 is 14.4 Å². The zero-order chi connectivity index (χ0) is 19.1. The number of ether oxygens (including phenoxy) is 2. The fraction of sp³-hybridized carbons (Fsp3) is 0.238.